The van der Waals surface area contributed by atoms with Crippen LogP contribution < -0.4 is 11.1 Å². The van der Waals surface area contributed by atoms with Crippen LogP contribution in [0.2, 0.25) is 0 Å². The van der Waals surface area contributed by atoms with Gasteiger partial charge < -0.3 is 15.8 Å². The number of nitrogens with two attached hydrogens (primary N) is 1. The van der Waals surface area contributed by atoms with Gasteiger partial charge in [0, 0.05) is 25.9 Å². The molecule has 0 saturated carbocycles. The Labute approximate surface area is 126 Å². The molecule has 1 unspecified atom stereocenters. The lowest BCUT2D eigenvalue weighted by Crippen LogP contribution is -2.32. The number of hydrogen-bond donors (Lipinski definition) is 2. The number of carbonyl (C=O) groups excluding carboxylic acids is 1. The lowest BCUT2D eigenvalue weighted by molar-refractivity contribution is -0.117. The second kappa shape index (κ2) is 5.97. The first kappa shape index (κ1) is 14.2. The number of methoxy groups -OCH3 is 1. The third-order valence-corrected chi connectivity index (χ3v) is 4.52. The topological polar surface area (TPSA) is 80.5 Å². The highest BCUT2D eigenvalue weighted by molar-refractivity contribution is 7.22. The maximum Gasteiger partial charge on any atom is 0.240 e. The number of likely N-dealkylation sites (tertiary alicyclic amines) is 1. The summed E-state index contributed by atoms with van der Waals surface area (Å²) in [7, 11) is 1.71. The highest BCUT2D eigenvalue weighted by atomic mass is 32.1. The minimum absolute atomic E-state index is 0.0428. The van der Waals surface area contributed by atoms with Crippen molar-refractivity contribution in [2.24, 2.45) is 0 Å². The van der Waals surface area contributed by atoms with Crippen molar-refractivity contribution in [3.05, 3.63) is 18.2 Å². The molecule has 1 amide bonds. The van der Waals surface area contributed by atoms with E-state index in [-0.39, 0.29) is 12.0 Å². The van der Waals surface area contributed by atoms with Gasteiger partial charge in [-0.05, 0) is 24.6 Å². The number of nitrogens with zero attached hydrogens (tertiary/aromatic N) is 2. The zero-order valence-electron chi connectivity index (χ0n) is 11.8. The number of hydrogen-bond acceptors (Lipinski definition) is 6. The van der Waals surface area contributed by atoms with Crippen molar-refractivity contribution >= 4 is 38.3 Å². The second-order valence-corrected chi connectivity index (χ2v) is 6.21. The number of aromatic nitrogens is 1. The van der Waals surface area contributed by atoms with Gasteiger partial charge in [-0.3, -0.25) is 9.69 Å². The van der Waals surface area contributed by atoms with Gasteiger partial charge in [0.15, 0.2) is 5.13 Å². The van der Waals surface area contributed by atoms with Gasteiger partial charge in [0.25, 0.3) is 0 Å². The number of anilines is 2. The summed E-state index contributed by atoms with van der Waals surface area (Å²) in [5, 5.41) is 3.47. The largest absolute Gasteiger partial charge is 0.399 e. The van der Waals surface area contributed by atoms with E-state index in [1.165, 1.54) is 11.3 Å². The fourth-order valence-corrected chi connectivity index (χ4v) is 3.42. The van der Waals surface area contributed by atoms with Crippen LogP contribution in [-0.4, -0.2) is 48.6 Å². The van der Waals surface area contributed by atoms with Crippen LogP contribution >= 0.6 is 11.3 Å². The van der Waals surface area contributed by atoms with E-state index >= 15 is 0 Å². The summed E-state index contributed by atoms with van der Waals surface area (Å²) in [5.74, 6) is -0.0428. The van der Waals surface area contributed by atoms with Gasteiger partial charge in [0.05, 0.1) is 22.9 Å². The molecule has 0 radical (unpaired) electrons. The maximum absolute atomic E-state index is 12.1. The summed E-state index contributed by atoms with van der Waals surface area (Å²) in [4.78, 5) is 18.5. The van der Waals surface area contributed by atoms with Crippen LogP contribution in [0.1, 0.15) is 6.42 Å². The van der Waals surface area contributed by atoms with Gasteiger partial charge >= 0.3 is 0 Å². The first-order valence-corrected chi connectivity index (χ1v) is 7.67. The van der Waals surface area contributed by atoms with E-state index in [0.29, 0.717) is 17.4 Å². The van der Waals surface area contributed by atoms with Crippen molar-refractivity contribution in [2.75, 3.05) is 37.8 Å². The molecule has 1 aromatic carbocycles. The summed E-state index contributed by atoms with van der Waals surface area (Å²) >= 11 is 1.44. The van der Waals surface area contributed by atoms with Crippen molar-refractivity contribution in [3.8, 4) is 0 Å². The molecule has 1 aliphatic heterocycles. The molecule has 3 N–H and O–H groups in total. The van der Waals surface area contributed by atoms with Gasteiger partial charge in [-0.2, -0.15) is 0 Å². The molecule has 2 heterocycles. The first-order valence-electron chi connectivity index (χ1n) is 6.85. The molecule has 0 bridgehead atoms. The smallest absolute Gasteiger partial charge is 0.240 e. The zero-order valence-corrected chi connectivity index (χ0v) is 12.7. The molecule has 2 aromatic rings. The van der Waals surface area contributed by atoms with E-state index in [2.05, 4.69) is 15.2 Å². The number of thiazole rings is 1. The van der Waals surface area contributed by atoms with E-state index < -0.39 is 0 Å². The molecule has 0 spiro atoms. The molecular formula is C14H18N4O2S. The predicted molar refractivity (Wildman–Crippen MR) is 84.5 cm³/mol. The Morgan fingerprint density at radius 2 is 2.48 bits per heavy atom. The van der Waals surface area contributed by atoms with E-state index in [1.54, 1.807) is 7.11 Å². The fourth-order valence-electron chi connectivity index (χ4n) is 2.49. The van der Waals surface area contributed by atoms with Gasteiger partial charge in [0.2, 0.25) is 5.91 Å². The van der Waals surface area contributed by atoms with Crippen LogP contribution in [0.3, 0.4) is 0 Å². The summed E-state index contributed by atoms with van der Waals surface area (Å²) in [5.41, 5.74) is 7.30. The Morgan fingerprint density at radius 1 is 1.62 bits per heavy atom. The van der Waals surface area contributed by atoms with Crippen molar-refractivity contribution in [2.45, 2.75) is 12.5 Å². The Kier molecular flexibility index (Phi) is 4.05. The van der Waals surface area contributed by atoms with Crippen LogP contribution in [-0.2, 0) is 9.53 Å². The minimum Gasteiger partial charge on any atom is -0.399 e. The van der Waals surface area contributed by atoms with Crippen LogP contribution in [0, 0.1) is 0 Å². The average molecular weight is 306 g/mol. The molecule has 21 heavy (non-hydrogen) atoms. The molecule has 6 nitrogen and oxygen atoms in total. The summed E-state index contributed by atoms with van der Waals surface area (Å²) in [6.45, 7) is 2.07. The first-order chi connectivity index (χ1) is 10.1. The molecule has 0 aliphatic carbocycles. The molecular weight excluding hydrogens is 288 g/mol. The Morgan fingerprint density at radius 3 is 3.24 bits per heavy atom. The molecule has 7 heteroatoms. The molecule has 1 fully saturated rings. The molecule has 112 valence electrons. The molecule has 1 atom stereocenters. The Balaban J connectivity index is 1.61. The lowest BCUT2D eigenvalue weighted by atomic mass is 10.3. The van der Waals surface area contributed by atoms with Crippen molar-refractivity contribution in [1.29, 1.82) is 0 Å². The number of nitrogens with one attached hydrogen (secondary N) is 1. The zero-order chi connectivity index (χ0) is 14.8. The third kappa shape index (κ3) is 3.31. The summed E-state index contributed by atoms with van der Waals surface area (Å²) in [6.07, 6.45) is 1.22. The third-order valence-electron chi connectivity index (χ3n) is 3.59. The number of nitrogen functional groups attached to an aromatic ring is 1. The molecule has 3 rings (SSSR count). The average Bonchev–Trinajstić information content (AvgIpc) is 3.04. The second-order valence-electron chi connectivity index (χ2n) is 5.18. The number of rotatable bonds is 4. The van der Waals surface area contributed by atoms with Crippen LogP contribution in [0.4, 0.5) is 10.8 Å². The number of fused-ring (bicyclic) bond motifs is 1. The van der Waals surface area contributed by atoms with Gasteiger partial charge in [-0.1, -0.05) is 11.3 Å². The fraction of sp³-hybridized carbons (Fsp3) is 0.429. The summed E-state index contributed by atoms with van der Waals surface area (Å²) < 4.78 is 6.27. The molecule has 1 saturated heterocycles. The van der Waals surface area contributed by atoms with Crippen LogP contribution in [0.25, 0.3) is 10.2 Å². The van der Waals surface area contributed by atoms with Gasteiger partial charge in [-0.15, -0.1) is 0 Å². The minimum atomic E-state index is -0.0428. The van der Waals surface area contributed by atoms with Crippen molar-refractivity contribution < 1.29 is 9.53 Å². The highest BCUT2D eigenvalue weighted by Crippen LogP contribution is 2.27. The van der Waals surface area contributed by atoms with E-state index in [0.717, 1.165) is 29.7 Å². The van der Waals surface area contributed by atoms with Gasteiger partial charge in [0.1, 0.15) is 0 Å². The maximum atomic E-state index is 12.1. The van der Waals surface area contributed by atoms with E-state index in [4.69, 9.17) is 10.5 Å². The highest BCUT2D eigenvalue weighted by Gasteiger charge is 2.23. The monoisotopic (exact) mass is 306 g/mol. The molecule has 1 aliphatic rings. The number of carbonyl (C=O) groups is 1. The predicted octanol–water partition coefficient (Wildman–Crippen LogP) is 1.54. The number of benzene rings is 1. The summed E-state index contributed by atoms with van der Waals surface area (Å²) in [6, 6.07) is 5.54. The standard InChI is InChI=1S/C14H18N4O2S/c1-20-10-4-5-18(7-10)8-13(19)17-14-16-11-3-2-9(15)6-12(11)21-14/h2-3,6,10H,4-5,7-8,15H2,1H3,(H,16,17,19). The molecule has 1 aromatic heterocycles. The number of ether oxygens (including phenoxy) is 1. The van der Waals surface area contributed by atoms with Crippen molar-refractivity contribution in [1.82, 2.24) is 9.88 Å². The number of amides is 1. The Hall–Kier alpha value is -1.70. The Bertz CT molecular complexity index is 657. The SMILES string of the molecule is COC1CCN(CC(=O)Nc2nc3ccc(N)cc3s2)C1. The van der Waals surface area contributed by atoms with Gasteiger partial charge in [-0.25, -0.2) is 4.98 Å². The van der Waals surface area contributed by atoms with E-state index in [1.807, 2.05) is 18.2 Å². The lowest BCUT2D eigenvalue weighted by Gasteiger charge is -2.14. The van der Waals surface area contributed by atoms with E-state index in [9.17, 15) is 4.79 Å². The van der Waals surface area contributed by atoms with Crippen LogP contribution in [0.5, 0.6) is 0 Å². The van der Waals surface area contributed by atoms with Crippen molar-refractivity contribution in [3.63, 3.8) is 0 Å². The quantitative estimate of drug-likeness (QED) is 0.838. The van der Waals surface area contributed by atoms with Crippen LogP contribution in [0.15, 0.2) is 18.2 Å². The normalized spacial score (nSPS) is 19.2.